The van der Waals surface area contributed by atoms with E-state index < -0.39 is 10.0 Å². The topological polar surface area (TPSA) is 86.8 Å². The van der Waals surface area contributed by atoms with Gasteiger partial charge in [0, 0.05) is 31.2 Å². The van der Waals surface area contributed by atoms with Crippen LogP contribution in [0.2, 0.25) is 0 Å². The number of nitrogens with one attached hydrogen (secondary N) is 1. The van der Waals surface area contributed by atoms with Crippen molar-refractivity contribution < 1.29 is 18.0 Å². The van der Waals surface area contributed by atoms with Crippen LogP contribution in [0, 0.1) is 0 Å². The van der Waals surface area contributed by atoms with Crippen LogP contribution in [-0.2, 0) is 26.0 Å². The maximum absolute atomic E-state index is 13.1. The minimum Gasteiger partial charge on any atom is -0.352 e. The van der Waals surface area contributed by atoms with Crippen molar-refractivity contribution >= 4 is 27.5 Å². The van der Waals surface area contributed by atoms with Gasteiger partial charge in [-0.25, -0.2) is 8.42 Å². The molecule has 3 aliphatic rings. The number of carbonyl (C=O) groups is 2. The second kappa shape index (κ2) is 9.69. The molecule has 2 aliphatic heterocycles. The van der Waals surface area contributed by atoms with E-state index in [0.717, 1.165) is 50.5 Å². The number of aryl methyl sites for hydroxylation is 1. The van der Waals surface area contributed by atoms with Gasteiger partial charge in [-0.3, -0.25) is 9.59 Å². The number of carbonyl (C=O) groups excluding carboxylic acids is 2. The Kier molecular flexibility index (Phi) is 6.96. The Morgan fingerprint density at radius 1 is 0.968 bits per heavy atom. The quantitative estimate of drug-likeness (QED) is 0.752. The van der Waals surface area contributed by atoms with Gasteiger partial charge in [-0.1, -0.05) is 25.7 Å². The van der Waals surface area contributed by atoms with Crippen LogP contribution in [0.15, 0.2) is 23.1 Å². The maximum atomic E-state index is 13.1. The summed E-state index contributed by atoms with van der Waals surface area (Å²) in [4.78, 5) is 27.3. The van der Waals surface area contributed by atoms with E-state index in [1.165, 1.54) is 11.3 Å². The molecule has 2 heterocycles. The molecule has 4 rings (SSSR count). The summed E-state index contributed by atoms with van der Waals surface area (Å²) in [6.07, 6.45) is 9.95. The Morgan fingerprint density at radius 3 is 2.42 bits per heavy atom. The number of anilines is 1. The van der Waals surface area contributed by atoms with E-state index in [4.69, 9.17) is 0 Å². The molecule has 1 saturated heterocycles. The highest BCUT2D eigenvalue weighted by atomic mass is 32.2. The SMILES string of the molecule is O=C(CN1C(=O)CCCc2cc(S(=O)(=O)N3CCCCC3)ccc21)NC1CCCCC1. The summed E-state index contributed by atoms with van der Waals surface area (Å²) in [6, 6.07) is 5.21. The molecule has 1 N–H and O–H groups in total. The van der Waals surface area contributed by atoms with Gasteiger partial charge in [0.05, 0.1) is 4.90 Å². The van der Waals surface area contributed by atoms with Crippen LogP contribution in [0.5, 0.6) is 0 Å². The van der Waals surface area contributed by atoms with E-state index in [1.807, 2.05) is 0 Å². The number of rotatable bonds is 5. The van der Waals surface area contributed by atoms with Gasteiger partial charge in [-0.05, 0) is 62.3 Å². The van der Waals surface area contributed by atoms with Crippen molar-refractivity contribution in [3.63, 3.8) is 0 Å². The fourth-order valence-corrected chi connectivity index (χ4v) is 6.55. The van der Waals surface area contributed by atoms with E-state index in [-0.39, 0.29) is 29.3 Å². The zero-order valence-electron chi connectivity index (χ0n) is 18.1. The molecule has 0 radical (unpaired) electrons. The zero-order chi connectivity index (χ0) is 21.8. The summed E-state index contributed by atoms with van der Waals surface area (Å²) in [6.45, 7) is 1.11. The summed E-state index contributed by atoms with van der Waals surface area (Å²) in [7, 11) is -3.53. The number of benzene rings is 1. The molecule has 1 aliphatic carbocycles. The Hall–Kier alpha value is -1.93. The molecule has 31 heavy (non-hydrogen) atoms. The molecule has 1 saturated carbocycles. The van der Waals surface area contributed by atoms with Gasteiger partial charge in [0.25, 0.3) is 0 Å². The first kappa shape index (κ1) is 22.3. The van der Waals surface area contributed by atoms with Crippen molar-refractivity contribution in [1.82, 2.24) is 9.62 Å². The standard InChI is InChI=1S/C23H33N3O4S/c27-22(24-19-9-3-1-4-10-19)17-26-21-13-12-20(16-18(21)8-7-11-23(26)28)31(29,30)25-14-5-2-6-15-25/h12-13,16,19H,1-11,14-15,17H2,(H,24,27). The van der Waals surface area contributed by atoms with E-state index in [2.05, 4.69) is 5.32 Å². The Morgan fingerprint density at radius 2 is 1.68 bits per heavy atom. The lowest BCUT2D eigenvalue weighted by atomic mass is 9.95. The predicted octanol–water partition coefficient (Wildman–Crippen LogP) is 2.98. The minimum absolute atomic E-state index is 0.0133. The van der Waals surface area contributed by atoms with Crippen molar-refractivity contribution in [2.24, 2.45) is 0 Å². The lowest BCUT2D eigenvalue weighted by Gasteiger charge is -2.28. The molecule has 0 bridgehead atoms. The number of hydrogen-bond acceptors (Lipinski definition) is 4. The number of nitrogens with zero attached hydrogens (tertiary/aromatic N) is 2. The highest BCUT2D eigenvalue weighted by Gasteiger charge is 2.30. The summed E-state index contributed by atoms with van der Waals surface area (Å²) in [5.74, 6) is -0.220. The highest BCUT2D eigenvalue weighted by molar-refractivity contribution is 7.89. The van der Waals surface area contributed by atoms with Crippen molar-refractivity contribution in [2.45, 2.75) is 81.6 Å². The molecule has 2 fully saturated rings. The molecule has 0 aromatic heterocycles. The van der Waals surface area contributed by atoms with Crippen LogP contribution in [0.1, 0.15) is 69.8 Å². The lowest BCUT2D eigenvalue weighted by Crippen LogP contribution is -2.44. The molecule has 7 nitrogen and oxygen atoms in total. The molecule has 1 aromatic rings. The van der Waals surface area contributed by atoms with Crippen molar-refractivity contribution in [2.75, 3.05) is 24.5 Å². The average molecular weight is 448 g/mol. The molecule has 0 spiro atoms. The van der Waals surface area contributed by atoms with E-state index >= 15 is 0 Å². The largest absolute Gasteiger partial charge is 0.352 e. The monoisotopic (exact) mass is 447 g/mol. The smallest absolute Gasteiger partial charge is 0.243 e. The van der Waals surface area contributed by atoms with Gasteiger partial charge < -0.3 is 10.2 Å². The maximum Gasteiger partial charge on any atom is 0.243 e. The Balaban J connectivity index is 1.54. The van der Waals surface area contributed by atoms with Crippen molar-refractivity contribution in [3.8, 4) is 0 Å². The van der Waals surface area contributed by atoms with Crippen LogP contribution in [0.3, 0.4) is 0 Å². The molecule has 2 amide bonds. The second-order valence-electron chi connectivity index (χ2n) is 8.99. The molecule has 8 heteroatoms. The minimum atomic E-state index is -3.53. The Labute approximate surface area is 185 Å². The van der Waals surface area contributed by atoms with Gasteiger partial charge in [0.1, 0.15) is 6.54 Å². The van der Waals surface area contributed by atoms with Crippen molar-refractivity contribution in [3.05, 3.63) is 23.8 Å². The number of fused-ring (bicyclic) bond motifs is 1. The molecule has 0 unspecified atom stereocenters. The molecule has 170 valence electrons. The highest BCUT2D eigenvalue weighted by Crippen LogP contribution is 2.31. The fraction of sp³-hybridized carbons (Fsp3) is 0.652. The Bertz CT molecular complexity index is 919. The molecular weight excluding hydrogens is 414 g/mol. The van der Waals surface area contributed by atoms with Crippen LogP contribution in [0.4, 0.5) is 5.69 Å². The number of amides is 2. The first-order valence-corrected chi connectivity index (χ1v) is 13.1. The van der Waals surface area contributed by atoms with Gasteiger partial charge in [-0.2, -0.15) is 4.31 Å². The summed E-state index contributed by atoms with van der Waals surface area (Å²) in [5.41, 5.74) is 1.49. The van der Waals surface area contributed by atoms with Crippen molar-refractivity contribution in [1.29, 1.82) is 0 Å². The predicted molar refractivity (Wildman–Crippen MR) is 119 cm³/mol. The third-order valence-corrected chi connectivity index (χ3v) is 8.60. The third kappa shape index (κ3) is 5.12. The van der Waals surface area contributed by atoms with Gasteiger partial charge in [0.2, 0.25) is 21.8 Å². The number of hydrogen-bond donors (Lipinski definition) is 1. The van der Waals surface area contributed by atoms with E-state index in [9.17, 15) is 18.0 Å². The van der Waals surface area contributed by atoms with Crippen LogP contribution >= 0.6 is 0 Å². The summed E-state index contributed by atoms with van der Waals surface area (Å²) < 4.78 is 27.7. The third-order valence-electron chi connectivity index (χ3n) is 6.70. The molecule has 0 atom stereocenters. The van der Waals surface area contributed by atoms with E-state index in [0.29, 0.717) is 38.0 Å². The fourth-order valence-electron chi connectivity index (χ4n) is 4.98. The van der Waals surface area contributed by atoms with Gasteiger partial charge in [-0.15, -0.1) is 0 Å². The van der Waals surface area contributed by atoms with Gasteiger partial charge >= 0.3 is 0 Å². The summed E-state index contributed by atoms with van der Waals surface area (Å²) >= 11 is 0. The molecular formula is C23H33N3O4S. The number of piperidine rings is 1. The van der Waals surface area contributed by atoms with Crippen LogP contribution in [0.25, 0.3) is 0 Å². The number of sulfonamides is 1. The summed E-state index contributed by atoms with van der Waals surface area (Å²) in [5, 5.41) is 3.08. The lowest BCUT2D eigenvalue weighted by molar-refractivity contribution is -0.124. The second-order valence-corrected chi connectivity index (χ2v) is 10.9. The van der Waals surface area contributed by atoms with Crippen LogP contribution < -0.4 is 10.2 Å². The van der Waals surface area contributed by atoms with Crippen LogP contribution in [-0.4, -0.2) is 50.2 Å². The average Bonchev–Trinajstić information content (AvgIpc) is 2.93. The first-order chi connectivity index (χ1) is 14.9. The van der Waals surface area contributed by atoms with E-state index in [1.54, 1.807) is 22.5 Å². The van der Waals surface area contributed by atoms with Gasteiger partial charge in [0.15, 0.2) is 0 Å². The normalized spacial score (nSPS) is 21.4. The first-order valence-electron chi connectivity index (χ1n) is 11.7. The molecule has 1 aromatic carbocycles. The zero-order valence-corrected chi connectivity index (χ0v) is 19.0.